The number of hydrogen-bond donors (Lipinski definition) is 2. The Morgan fingerprint density at radius 1 is 1.17 bits per heavy atom. The zero-order valence-electron chi connectivity index (χ0n) is 10.2. The van der Waals surface area contributed by atoms with Gasteiger partial charge in [0, 0.05) is 24.2 Å². The van der Waals surface area contributed by atoms with Gasteiger partial charge < -0.3 is 5.32 Å². The zero-order chi connectivity index (χ0) is 12.4. The predicted octanol–water partition coefficient (Wildman–Crippen LogP) is 2.89. The molecule has 1 aliphatic rings. The molecule has 0 unspecified atom stereocenters. The molecule has 2 aromatic rings. The third-order valence-corrected chi connectivity index (χ3v) is 3.39. The van der Waals surface area contributed by atoms with Crippen molar-refractivity contribution in [1.29, 1.82) is 0 Å². The number of aromatic amines is 1. The summed E-state index contributed by atoms with van der Waals surface area (Å²) in [5, 5.41) is 10.8. The van der Waals surface area contributed by atoms with Gasteiger partial charge in [-0.3, -0.25) is 5.10 Å². The van der Waals surface area contributed by atoms with Crippen LogP contribution in [0.2, 0.25) is 0 Å². The summed E-state index contributed by atoms with van der Waals surface area (Å²) in [5.41, 5.74) is 3.54. The van der Waals surface area contributed by atoms with Crippen LogP contribution in [0.4, 0.5) is 10.2 Å². The number of halogens is 1. The Hall–Kier alpha value is -1.84. The average molecular weight is 245 g/mol. The number of hydrogen-bond acceptors (Lipinski definition) is 2. The molecule has 2 N–H and O–H groups in total. The molecule has 0 fully saturated rings. The smallest absolute Gasteiger partial charge is 0.151 e. The molecule has 3 nitrogen and oxygen atoms in total. The largest absolute Gasteiger partial charge is 0.368 e. The number of rotatable bonds is 2. The first-order valence-corrected chi connectivity index (χ1v) is 6.37. The van der Waals surface area contributed by atoms with E-state index < -0.39 is 0 Å². The lowest BCUT2D eigenvalue weighted by molar-refractivity contribution is 0.627. The Labute approximate surface area is 105 Å². The van der Waals surface area contributed by atoms with Crippen molar-refractivity contribution >= 4 is 5.82 Å². The van der Waals surface area contributed by atoms with Gasteiger partial charge in [-0.2, -0.15) is 5.10 Å². The van der Waals surface area contributed by atoms with E-state index in [2.05, 4.69) is 15.5 Å². The Kier molecular flexibility index (Phi) is 3.00. The number of aromatic nitrogens is 2. The number of nitrogens with zero attached hydrogens (tertiary/aromatic N) is 1. The lowest BCUT2D eigenvalue weighted by Crippen LogP contribution is -1.99. The number of nitrogens with one attached hydrogen (secondary N) is 2. The quantitative estimate of drug-likeness (QED) is 0.854. The summed E-state index contributed by atoms with van der Waals surface area (Å²) in [5.74, 6) is 0.800. The van der Waals surface area contributed by atoms with Gasteiger partial charge in [-0.05, 0) is 37.0 Å². The fourth-order valence-electron chi connectivity index (χ4n) is 2.40. The van der Waals surface area contributed by atoms with Crippen LogP contribution in [0.1, 0.15) is 29.7 Å². The summed E-state index contributed by atoms with van der Waals surface area (Å²) in [6, 6.07) is 6.66. The molecule has 1 aliphatic heterocycles. The third kappa shape index (κ3) is 2.23. The summed E-state index contributed by atoms with van der Waals surface area (Å²) in [7, 11) is 0. The summed E-state index contributed by atoms with van der Waals surface area (Å²) >= 11 is 0. The number of H-pyrrole nitrogens is 1. The monoisotopic (exact) mass is 245 g/mol. The molecule has 94 valence electrons. The summed E-state index contributed by atoms with van der Waals surface area (Å²) in [4.78, 5) is 0. The molecule has 4 heteroatoms. The molecular weight excluding hydrogens is 229 g/mol. The van der Waals surface area contributed by atoms with Crippen molar-refractivity contribution in [1.82, 2.24) is 10.2 Å². The Morgan fingerprint density at radius 3 is 2.83 bits per heavy atom. The van der Waals surface area contributed by atoms with Crippen molar-refractivity contribution < 1.29 is 4.39 Å². The SMILES string of the molecule is Fc1ccc(Cc2[nH]nc3c2CCCCN3)cc1. The van der Waals surface area contributed by atoms with Crippen LogP contribution in [-0.2, 0) is 12.8 Å². The van der Waals surface area contributed by atoms with Crippen molar-refractivity contribution in [3.63, 3.8) is 0 Å². The molecule has 0 radical (unpaired) electrons. The van der Waals surface area contributed by atoms with E-state index in [0.29, 0.717) is 0 Å². The van der Waals surface area contributed by atoms with Crippen LogP contribution in [0.3, 0.4) is 0 Å². The van der Waals surface area contributed by atoms with Crippen molar-refractivity contribution in [3.05, 3.63) is 46.9 Å². The highest BCUT2D eigenvalue weighted by molar-refractivity contribution is 5.48. The van der Waals surface area contributed by atoms with Gasteiger partial charge in [-0.15, -0.1) is 0 Å². The lowest BCUT2D eigenvalue weighted by atomic mass is 10.0. The fraction of sp³-hybridized carbons (Fsp3) is 0.357. The van der Waals surface area contributed by atoms with Crippen LogP contribution < -0.4 is 5.32 Å². The molecule has 1 aromatic heterocycles. The van der Waals surface area contributed by atoms with Gasteiger partial charge in [-0.1, -0.05) is 12.1 Å². The molecule has 3 rings (SSSR count). The maximum atomic E-state index is 12.9. The maximum absolute atomic E-state index is 12.9. The molecule has 0 aliphatic carbocycles. The van der Waals surface area contributed by atoms with Gasteiger partial charge in [0.05, 0.1) is 0 Å². The van der Waals surface area contributed by atoms with Crippen LogP contribution in [0.15, 0.2) is 24.3 Å². The van der Waals surface area contributed by atoms with E-state index in [0.717, 1.165) is 36.5 Å². The molecule has 18 heavy (non-hydrogen) atoms. The second-order valence-electron chi connectivity index (χ2n) is 4.72. The number of benzene rings is 1. The molecule has 0 atom stereocenters. The van der Waals surface area contributed by atoms with Gasteiger partial charge in [0.25, 0.3) is 0 Å². The van der Waals surface area contributed by atoms with E-state index in [1.807, 2.05) is 12.1 Å². The molecule has 0 saturated heterocycles. The van der Waals surface area contributed by atoms with Crippen molar-refractivity contribution in [2.75, 3.05) is 11.9 Å². The van der Waals surface area contributed by atoms with E-state index >= 15 is 0 Å². The van der Waals surface area contributed by atoms with E-state index in [-0.39, 0.29) is 5.82 Å². The predicted molar refractivity (Wildman–Crippen MR) is 69.2 cm³/mol. The highest BCUT2D eigenvalue weighted by atomic mass is 19.1. The molecule has 0 spiro atoms. The first kappa shape index (κ1) is 11.3. The molecule has 1 aromatic carbocycles. The van der Waals surface area contributed by atoms with Gasteiger partial charge in [-0.25, -0.2) is 4.39 Å². The summed E-state index contributed by atoms with van der Waals surface area (Å²) in [6.45, 7) is 0.994. The fourth-order valence-corrected chi connectivity index (χ4v) is 2.40. The van der Waals surface area contributed by atoms with Gasteiger partial charge in [0.2, 0.25) is 0 Å². The van der Waals surface area contributed by atoms with E-state index in [1.165, 1.54) is 30.5 Å². The maximum Gasteiger partial charge on any atom is 0.151 e. The second-order valence-corrected chi connectivity index (χ2v) is 4.72. The highest BCUT2D eigenvalue weighted by Gasteiger charge is 2.15. The van der Waals surface area contributed by atoms with Crippen LogP contribution in [0, 0.1) is 5.82 Å². The molecule has 0 amide bonds. The Balaban J connectivity index is 1.84. The second kappa shape index (κ2) is 4.80. The van der Waals surface area contributed by atoms with Crippen LogP contribution in [0.5, 0.6) is 0 Å². The highest BCUT2D eigenvalue weighted by Crippen LogP contribution is 2.24. The minimum Gasteiger partial charge on any atom is -0.368 e. The van der Waals surface area contributed by atoms with Crippen LogP contribution in [0.25, 0.3) is 0 Å². The average Bonchev–Trinajstić information content (AvgIpc) is 2.62. The van der Waals surface area contributed by atoms with E-state index in [9.17, 15) is 4.39 Å². The van der Waals surface area contributed by atoms with Crippen molar-refractivity contribution in [2.24, 2.45) is 0 Å². The van der Waals surface area contributed by atoms with Gasteiger partial charge in [0.1, 0.15) is 5.82 Å². The first-order valence-electron chi connectivity index (χ1n) is 6.37. The van der Waals surface area contributed by atoms with E-state index in [1.54, 1.807) is 0 Å². The lowest BCUT2D eigenvalue weighted by Gasteiger charge is -2.03. The van der Waals surface area contributed by atoms with Gasteiger partial charge in [0.15, 0.2) is 5.82 Å². The number of fused-ring (bicyclic) bond motifs is 1. The number of anilines is 1. The first-order chi connectivity index (χ1) is 8.83. The van der Waals surface area contributed by atoms with Gasteiger partial charge >= 0.3 is 0 Å². The molecule has 0 saturated carbocycles. The standard InChI is InChI=1S/C14H16FN3/c15-11-6-4-10(5-7-11)9-13-12-3-1-2-8-16-14(12)18-17-13/h4-7H,1-3,8-9H2,(H2,16,17,18). The topological polar surface area (TPSA) is 40.7 Å². The molecule has 0 bridgehead atoms. The minimum absolute atomic E-state index is 0.191. The normalized spacial score (nSPS) is 14.7. The third-order valence-electron chi connectivity index (χ3n) is 3.39. The van der Waals surface area contributed by atoms with Crippen molar-refractivity contribution in [3.8, 4) is 0 Å². The minimum atomic E-state index is -0.191. The van der Waals surface area contributed by atoms with Crippen molar-refractivity contribution in [2.45, 2.75) is 25.7 Å². The molecular formula is C14H16FN3. The Bertz CT molecular complexity index is 530. The van der Waals surface area contributed by atoms with Crippen LogP contribution >= 0.6 is 0 Å². The zero-order valence-corrected chi connectivity index (χ0v) is 10.2. The molecule has 2 heterocycles. The van der Waals surface area contributed by atoms with Crippen LogP contribution in [-0.4, -0.2) is 16.7 Å². The van der Waals surface area contributed by atoms with E-state index in [4.69, 9.17) is 0 Å². The Morgan fingerprint density at radius 2 is 2.00 bits per heavy atom. The summed E-state index contributed by atoms with van der Waals surface area (Å²) in [6.07, 6.45) is 4.22. The summed E-state index contributed by atoms with van der Waals surface area (Å²) < 4.78 is 12.9.